The first-order valence-corrected chi connectivity index (χ1v) is 13.5. The molecule has 3 heteroatoms. The van der Waals surface area contributed by atoms with Gasteiger partial charge in [-0.2, -0.15) is 0 Å². The van der Waals surface area contributed by atoms with Gasteiger partial charge in [0, 0.05) is 16.4 Å². The van der Waals surface area contributed by atoms with Crippen LogP contribution in [-0.2, 0) is 0 Å². The lowest BCUT2D eigenvalue weighted by molar-refractivity contribution is 1.17. The van der Waals surface area contributed by atoms with E-state index in [2.05, 4.69) is 143 Å². The molecule has 0 saturated carbocycles. The Balaban J connectivity index is 1.56. The molecule has 8 rings (SSSR count). The normalized spacial score (nSPS) is 12.6. The van der Waals surface area contributed by atoms with Crippen molar-refractivity contribution in [3.63, 3.8) is 0 Å². The van der Waals surface area contributed by atoms with Crippen molar-refractivity contribution in [2.75, 3.05) is 9.80 Å². The van der Waals surface area contributed by atoms with Gasteiger partial charge in [-0.05, 0) is 86.9 Å². The maximum atomic E-state index is 6.64. The van der Waals surface area contributed by atoms with Crippen LogP contribution in [0.4, 0.5) is 34.1 Å². The van der Waals surface area contributed by atoms with Crippen LogP contribution in [0.15, 0.2) is 140 Å². The largest absolute Gasteiger partial charge is 0.306 e. The quantitative estimate of drug-likeness (QED) is 0.210. The monoisotopic (exact) mass is 518 g/mol. The number of rotatable bonds is 2. The van der Waals surface area contributed by atoms with Gasteiger partial charge in [-0.1, -0.05) is 96.5 Å². The molecular weight excluding hydrogens is 496 g/mol. The fourth-order valence-electron chi connectivity index (χ4n) is 6.12. The fraction of sp³-hybridized carbons (Fsp3) is 0. The number of fused-ring (bicyclic) bond motifs is 8. The average molecular weight is 519 g/mol. The lowest BCUT2D eigenvalue weighted by Crippen LogP contribution is -2.24. The number of hydrogen-bond donors (Lipinski definition) is 0. The first kappa shape index (κ1) is 22.2. The van der Waals surface area contributed by atoms with Crippen LogP contribution in [0.1, 0.15) is 0 Å². The molecule has 184 valence electrons. The zero-order valence-electron chi connectivity index (χ0n) is 21.1. The smallest absolute Gasteiger partial charge is 0.0718 e. The molecular formula is C36H23ClN2. The highest BCUT2D eigenvalue weighted by Crippen LogP contribution is 2.56. The van der Waals surface area contributed by atoms with Crippen molar-refractivity contribution in [1.82, 2.24) is 0 Å². The highest BCUT2D eigenvalue weighted by atomic mass is 35.5. The van der Waals surface area contributed by atoms with Crippen LogP contribution in [0, 0.1) is 0 Å². The topological polar surface area (TPSA) is 6.48 Å². The molecule has 1 aliphatic heterocycles. The van der Waals surface area contributed by atoms with Gasteiger partial charge in [0.1, 0.15) is 0 Å². The summed E-state index contributed by atoms with van der Waals surface area (Å²) in [5.41, 5.74) is 6.60. The summed E-state index contributed by atoms with van der Waals surface area (Å²) in [5, 5.41) is 8.25. The van der Waals surface area contributed by atoms with E-state index in [4.69, 9.17) is 11.6 Å². The molecule has 0 bridgehead atoms. The van der Waals surface area contributed by atoms with E-state index in [1.165, 1.54) is 32.3 Å². The number of benzene rings is 7. The number of para-hydroxylation sites is 2. The molecule has 0 amide bonds. The Morgan fingerprint density at radius 2 is 0.718 bits per heavy atom. The summed E-state index contributed by atoms with van der Waals surface area (Å²) < 4.78 is 0. The Hall–Kier alpha value is -4.79. The molecule has 0 fully saturated rings. The van der Waals surface area contributed by atoms with E-state index in [9.17, 15) is 0 Å². The van der Waals surface area contributed by atoms with Crippen LogP contribution in [0.25, 0.3) is 32.3 Å². The van der Waals surface area contributed by atoms with Crippen molar-refractivity contribution in [2.24, 2.45) is 0 Å². The third-order valence-electron chi connectivity index (χ3n) is 7.77. The van der Waals surface area contributed by atoms with Gasteiger partial charge in [-0.25, -0.2) is 0 Å². The fourth-order valence-corrected chi connectivity index (χ4v) is 6.29. The Kier molecular flexibility index (Phi) is 4.91. The molecule has 7 aromatic carbocycles. The zero-order chi connectivity index (χ0) is 25.9. The van der Waals surface area contributed by atoms with Crippen LogP contribution < -0.4 is 9.80 Å². The van der Waals surface area contributed by atoms with Crippen molar-refractivity contribution < 1.29 is 0 Å². The maximum absolute atomic E-state index is 6.64. The molecule has 0 spiro atoms. The minimum absolute atomic E-state index is 0.711. The average Bonchev–Trinajstić information content (AvgIpc) is 3.00. The predicted molar refractivity (Wildman–Crippen MR) is 167 cm³/mol. The molecule has 0 atom stereocenters. The zero-order valence-corrected chi connectivity index (χ0v) is 21.8. The summed E-state index contributed by atoms with van der Waals surface area (Å²) in [6, 6.07) is 49.6. The van der Waals surface area contributed by atoms with Gasteiger partial charge >= 0.3 is 0 Å². The van der Waals surface area contributed by atoms with E-state index >= 15 is 0 Å². The number of hydrogen-bond acceptors (Lipinski definition) is 2. The van der Waals surface area contributed by atoms with Gasteiger partial charge in [0.2, 0.25) is 0 Å². The highest BCUT2D eigenvalue weighted by Gasteiger charge is 2.31. The number of anilines is 6. The lowest BCUT2D eigenvalue weighted by Gasteiger charge is -2.40. The minimum atomic E-state index is 0.711. The van der Waals surface area contributed by atoms with Gasteiger partial charge in [0.25, 0.3) is 0 Å². The summed E-state index contributed by atoms with van der Waals surface area (Å²) in [6.07, 6.45) is 0. The van der Waals surface area contributed by atoms with E-state index in [1.807, 2.05) is 6.07 Å². The molecule has 0 aliphatic carbocycles. The molecule has 39 heavy (non-hydrogen) atoms. The summed E-state index contributed by atoms with van der Waals surface area (Å²) in [4.78, 5) is 4.71. The summed E-state index contributed by atoms with van der Waals surface area (Å²) in [7, 11) is 0. The molecule has 0 aromatic heterocycles. The lowest BCUT2D eigenvalue weighted by atomic mass is 9.92. The third kappa shape index (κ3) is 3.35. The van der Waals surface area contributed by atoms with Gasteiger partial charge in [-0.3, -0.25) is 0 Å². The number of nitrogens with zero attached hydrogens (tertiary/aromatic N) is 2. The third-order valence-corrected chi connectivity index (χ3v) is 8.00. The Morgan fingerprint density at radius 3 is 1.21 bits per heavy atom. The van der Waals surface area contributed by atoms with Crippen molar-refractivity contribution in [3.8, 4) is 0 Å². The van der Waals surface area contributed by atoms with Crippen LogP contribution in [0.5, 0.6) is 0 Å². The molecule has 7 aromatic rings. The molecule has 2 nitrogen and oxygen atoms in total. The second-order valence-corrected chi connectivity index (χ2v) is 10.4. The molecule has 0 N–H and O–H groups in total. The Bertz CT molecular complexity index is 2030. The minimum Gasteiger partial charge on any atom is -0.306 e. The molecule has 0 saturated heterocycles. The summed E-state index contributed by atoms with van der Waals surface area (Å²) in [5.74, 6) is 0. The van der Waals surface area contributed by atoms with E-state index in [1.54, 1.807) is 0 Å². The SMILES string of the molecule is Clc1ccc2c(c1)N(c1ccccc1)c1cc3c4ccccc4c4ccccc4c3cc1N2c1ccccc1. The standard InChI is InChI=1S/C36H23ClN2/c37-24-19-20-33-34(21-24)39(26-13-5-2-6-14-26)36-23-32-30-18-10-8-16-28(30)27-15-7-9-17-29(27)31(32)22-35(36)38(33)25-11-3-1-4-12-25/h1-23H. The molecule has 0 radical (unpaired) electrons. The van der Waals surface area contributed by atoms with E-state index in [0.717, 1.165) is 34.1 Å². The van der Waals surface area contributed by atoms with Crippen LogP contribution in [0.3, 0.4) is 0 Å². The van der Waals surface area contributed by atoms with Crippen LogP contribution in [0.2, 0.25) is 5.02 Å². The predicted octanol–water partition coefficient (Wildman–Crippen LogP) is 11.1. The molecule has 1 aliphatic rings. The number of halogens is 1. The van der Waals surface area contributed by atoms with Gasteiger partial charge < -0.3 is 9.80 Å². The van der Waals surface area contributed by atoms with E-state index in [-0.39, 0.29) is 0 Å². The summed E-state index contributed by atoms with van der Waals surface area (Å²) >= 11 is 6.64. The molecule has 0 unspecified atom stereocenters. The highest BCUT2D eigenvalue weighted by molar-refractivity contribution is 6.31. The second kappa shape index (κ2) is 8.62. The van der Waals surface area contributed by atoms with Crippen molar-refractivity contribution in [3.05, 3.63) is 145 Å². The first-order valence-electron chi connectivity index (χ1n) is 13.1. The van der Waals surface area contributed by atoms with Crippen LogP contribution >= 0.6 is 11.6 Å². The van der Waals surface area contributed by atoms with Crippen molar-refractivity contribution >= 4 is 78.0 Å². The van der Waals surface area contributed by atoms with E-state index < -0.39 is 0 Å². The van der Waals surface area contributed by atoms with Crippen molar-refractivity contribution in [1.29, 1.82) is 0 Å². The second-order valence-electron chi connectivity index (χ2n) is 9.95. The first-order chi connectivity index (χ1) is 19.3. The Morgan fingerprint density at radius 1 is 0.333 bits per heavy atom. The van der Waals surface area contributed by atoms with Gasteiger partial charge in [-0.15, -0.1) is 0 Å². The summed E-state index contributed by atoms with van der Waals surface area (Å²) in [6.45, 7) is 0. The van der Waals surface area contributed by atoms with E-state index in [0.29, 0.717) is 5.02 Å². The molecule has 1 heterocycles. The van der Waals surface area contributed by atoms with Gasteiger partial charge in [0.05, 0.1) is 22.7 Å². The maximum Gasteiger partial charge on any atom is 0.0718 e. The van der Waals surface area contributed by atoms with Crippen molar-refractivity contribution in [2.45, 2.75) is 0 Å². The Labute approximate surface area is 231 Å². The van der Waals surface area contributed by atoms with Gasteiger partial charge in [0.15, 0.2) is 0 Å². The van der Waals surface area contributed by atoms with Crippen LogP contribution in [-0.4, -0.2) is 0 Å².